The number of ketones is 2. The number of hydrogen-bond donors (Lipinski definition) is 0. The van der Waals surface area contributed by atoms with Gasteiger partial charge in [0.05, 0.1) is 29.5 Å². The Bertz CT molecular complexity index is 1440. The molecule has 0 unspecified atom stereocenters. The number of Topliss-reactive ketones (excluding diaryl/α,β-unsaturated/α-hetero) is 2. The van der Waals surface area contributed by atoms with Crippen LogP contribution in [0.3, 0.4) is 0 Å². The van der Waals surface area contributed by atoms with Gasteiger partial charge < -0.3 is 4.74 Å². The van der Waals surface area contributed by atoms with Gasteiger partial charge in [0.2, 0.25) is 11.8 Å². The number of nitrogens with zero attached hydrogens (tertiary/aromatic N) is 1. The molecule has 2 atom stereocenters. The van der Waals surface area contributed by atoms with Crippen molar-refractivity contribution < 1.29 is 23.9 Å². The van der Waals surface area contributed by atoms with E-state index in [1.165, 1.54) is 13.8 Å². The third-order valence-corrected chi connectivity index (χ3v) is 8.08. The molecule has 4 aliphatic rings. The van der Waals surface area contributed by atoms with Crippen LogP contribution in [0.1, 0.15) is 59.3 Å². The molecule has 1 heterocycles. The van der Waals surface area contributed by atoms with Gasteiger partial charge in [-0.25, -0.2) is 4.90 Å². The van der Waals surface area contributed by atoms with Gasteiger partial charge in [0.15, 0.2) is 5.78 Å². The Kier molecular flexibility index (Phi) is 4.80. The van der Waals surface area contributed by atoms with E-state index in [1.807, 2.05) is 55.5 Å². The molecule has 0 N–H and O–H groups in total. The highest BCUT2D eigenvalue weighted by molar-refractivity contribution is 6.26. The van der Waals surface area contributed by atoms with Gasteiger partial charge in [-0.3, -0.25) is 19.2 Å². The lowest BCUT2D eigenvalue weighted by molar-refractivity contribution is -0.132. The smallest absolute Gasteiger partial charge is 0.239 e. The van der Waals surface area contributed by atoms with Crippen molar-refractivity contribution in [2.45, 2.75) is 32.1 Å². The van der Waals surface area contributed by atoms with Crippen LogP contribution in [0.5, 0.6) is 5.75 Å². The summed E-state index contributed by atoms with van der Waals surface area (Å²) in [5.41, 5.74) is 2.79. The Morgan fingerprint density at radius 2 is 1.50 bits per heavy atom. The number of amides is 2. The summed E-state index contributed by atoms with van der Waals surface area (Å²) in [6, 6.07) is 20.1. The maximum atomic E-state index is 14.3. The van der Waals surface area contributed by atoms with E-state index in [-0.39, 0.29) is 29.1 Å². The quantitative estimate of drug-likeness (QED) is 0.400. The summed E-state index contributed by atoms with van der Waals surface area (Å²) in [7, 11) is 0. The van der Waals surface area contributed by atoms with Gasteiger partial charge in [0, 0.05) is 11.5 Å². The fraction of sp³-hybridized carbons (Fsp3) is 0.267. The predicted octanol–water partition coefficient (Wildman–Crippen LogP) is 4.43. The standard InChI is InChI=1S/C30H25NO5/c1-4-36-24-14-13-18(16(2)32)15-23(24)31-28(34)26-25-19-9-5-7-11-21(19)30(17(3)33,27(26)29(31)35)22-12-8-6-10-20(22)25/h5-15,25-27H,4H2,1-3H3/t25?,26-,27-,30?/m0/s1. The van der Waals surface area contributed by atoms with Crippen LogP contribution in [-0.2, 0) is 19.8 Å². The van der Waals surface area contributed by atoms with Gasteiger partial charge in [0.25, 0.3) is 0 Å². The van der Waals surface area contributed by atoms with E-state index in [4.69, 9.17) is 4.74 Å². The molecule has 7 rings (SSSR count). The van der Waals surface area contributed by atoms with E-state index in [0.717, 1.165) is 27.2 Å². The number of carbonyl (C=O) groups is 4. The van der Waals surface area contributed by atoms with Crippen LogP contribution < -0.4 is 9.64 Å². The van der Waals surface area contributed by atoms with Crippen molar-refractivity contribution in [1.29, 1.82) is 0 Å². The lowest BCUT2D eigenvalue weighted by Gasteiger charge is -2.52. The van der Waals surface area contributed by atoms with Crippen molar-refractivity contribution in [3.8, 4) is 5.75 Å². The fourth-order valence-electron chi connectivity index (χ4n) is 6.80. The van der Waals surface area contributed by atoms with E-state index in [2.05, 4.69) is 0 Å². The number of benzene rings is 3. The Morgan fingerprint density at radius 3 is 2.06 bits per heavy atom. The summed E-state index contributed by atoms with van der Waals surface area (Å²) in [6.45, 7) is 5.09. The summed E-state index contributed by atoms with van der Waals surface area (Å²) < 4.78 is 5.78. The molecule has 0 aromatic heterocycles. The highest BCUT2D eigenvalue weighted by atomic mass is 16.5. The molecule has 0 saturated carbocycles. The SMILES string of the molecule is CCOc1ccc(C(C)=O)cc1N1C(=O)[C@@H]2[C@@H](C1=O)C1c3ccccc3C2(C(C)=O)c2ccccc21. The third-order valence-electron chi connectivity index (χ3n) is 8.08. The van der Waals surface area contributed by atoms with E-state index < -0.39 is 23.2 Å². The molecule has 2 amide bonds. The molecule has 6 heteroatoms. The minimum atomic E-state index is -1.27. The molecule has 0 radical (unpaired) electrons. The Morgan fingerprint density at radius 1 is 0.889 bits per heavy atom. The van der Waals surface area contributed by atoms with E-state index in [0.29, 0.717) is 17.9 Å². The largest absolute Gasteiger partial charge is 0.492 e. The van der Waals surface area contributed by atoms with Gasteiger partial charge in [-0.2, -0.15) is 0 Å². The molecule has 3 aromatic rings. The number of rotatable bonds is 5. The summed E-state index contributed by atoms with van der Waals surface area (Å²) in [4.78, 5) is 55.6. The van der Waals surface area contributed by atoms with Crippen molar-refractivity contribution in [2.24, 2.45) is 11.8 Å². The van der Waals surface area contributed by atoms with Crippen molar-refractivity contribution in [3.63, 3.8) is 0 Å². The Hall–Kier alpha value is -4.06. The first kappa shape index (κ1) is 22.4. The van der Waals surface area contributed by atoms with Crippen LogP contribution in [0.15, 0.2) is 66.7 Å². The maximum Gasteiger partial charge on any atom is 0.239 e. The van der Waals surface area contributed by atoms with Gasteiger partial charge in [-0.05, 0) is 61.2 Å². The number of hydrogen-bond acceptors (Lipinski definition) is 5. The van der Waals surface area contributed by atoms with Crippen LogP contribution >= 0.6 is 0 Å². The van der Waals surface area contributed by atoms with Crippen LogP contribution in [0.2, 0.25) is 0 Å². The second-order valence-electron chi connectivity index (χ2n) is 9.70. The summed E-state index contributed by atoms with van der Waals surface area (Å²) in [5, 5.41) is 0. The Balaban J connectivity index is 1.63. The molecule has 3 aliphatic carbocycles. The monoisotopic (exact) mass is 479 g/mol. The van der Waals surface area contributed by atoms with E-state index in [1.54, 1.807) is 18.2 Å². The normalized spacial score (nSPS) is 25.3. The number of carbonyl (C=O) groups excluding carboxylic acids is 4. The minimum absolute atomic E-state index is 0.166. The van der Waals surface area contributed by atoms with Gasteiger partial charge in [-0.1, -0.05) is 48.5 Å². The van der Waals surface area contributed by atoms with Crippen LogP contribution in [-0.4, -0.2) is 30.0 Å². The van der Waals surface area contributed by atoms with E-state index in [9.17, 15) is 19.2 Å². The number of ether oxygens (including phenoxy) is 1. The molecule has 0 spiro atoms. The minimum Gasteiger partial charge on any atom is -0.492 e. The highest BCUT2D eigenvalue weighted by Crippen LogP contribution is 2.64. The first-order valence-corrected chi connectivity index (χ1v) is 12.2. The summed E-state index contributed by atoms with van der Waals surface area (Å²) >= 11 is 0. The molecule has 6 nitrogen and oxygen atoms in total. The average molecular weight is 480 g/mol. The zero-order chi connectivity index (χ0) is 25.4. The van der Waals surface area contributed by atoms with Crippen LogP contribution in [0.25, 0.3) is 0 Å². The molecular weight excluding hydrogens is 454 g/mol. The highest BCUT2D eigenvalue weighted by Gasteiger charge is 2.70. The maximum absolute atomic E-state index is 14.3. The van der Waals surface area contributed by atoms with Gasteiger partial charge in [0.1, 0.15) is 11.5 Å². The second kappa shape index (κ2) is 7.72. The zero-order valence-corrected chi connectivity index (χ0v) is 20.3. The molecule has 180 valence electrons. The van der Waals surface area contributed by atoms with E-state index >= 15 is 0 Å². The molecule has 1 saturated heterocycles. The molecule has 36 heavy (non-hydrogen) atoms. The zero-order valence-electron chi connectivity index (χ0n) is 20.3. The number of anilines is 1. The molecule has 1 aliphatic heterocycles. The van der Waals surface area contributed by atoms with Crippen molar-refractivity contribution >= 4 is 29.1 Å². The van der Waals surface area contributed by atoms with Crippen molar-refractivity contribution in [1.82, 2.24) is 0 Å². The molecular formula is C30H25NO5. The van der Waals surface area contributed by atoms with Crippen LogP contribution in [0, 0.1) is 11.8 Å². The predicted molar refractivity (Wildman–Crippen MR) is 133 cm³/mol. The molecule has 2 bridgehead atoms. The second-order valence-corrected chi connectivity index (χ2v) is 9.70. The fourth-order valence-corrected chi connectivity index (χ4v) is 6.80. The summed E-state index contributed by atoms with van der Waals surface area (Å²) in [5.74, 6) is -2.77. The topological polar surface area (TPSA) is 80.8 Å². The lowest BCUT2D eigenvalue weighted by Crippen LogP contribution is -2.57. The summed E-state index contributed by atoms with van der Waals surface area (Å²) in [6.07, 6.45) is 0. The first-order chi connectivity index (χ1) is 17.3. The Labute approximate surface area is 208 Å². The number of imide groups is 1. The van der Waals surface area contributed by atoms with Crippen LogP contribution in [0.4, 0.5) is 5.69 Å². The first-order valence-electron chi connectivity index (χ1n) is 12.2. The van der Waals surface area contributed by atoms with Gasteiger partial charge in [-0.15, -0.1) is 0 Å². The third kappa shape index (κ3) is 2.61. The lowest BCUT2D eigenvalue weighted by atomic mass is 9.46. The van der Waals surface area contributed by atoms with Crippen molar-refractivity contribution in [3.05, 3.63) is 94.5 Å². The average Bonchev–Trinajstić information content (AvgIpc) is 3.14. The molecule has 3 aromatic carbocycles. The van der Waals surface area contributed by atoms with Gasteiger partial charge >= 0.3 is 0 Å². The molecule has 1 fully saturated rings. The van der Waals surface area contributed by atoms with Crippen molar-refractivity contribution in [2.75, 3.05) is 11.5 Å².